The van der Waals surface area contributed by atoms with Gasteiger partial charge in [-0.1, -0.05) is 23.2 Å². The molecule has 3 aliphatic heterocycles. The number of ether oxygens (including phenoxy) is 3. The van der Waals surface area contributed by atoms with E-state index in [-0.39, 0.29) is 24.0 Å². The van der Waals surface area contributed by atoms with Crippen LogP contribution in [0.4, 0.5) is 0 Å². The average molecular weight is 623 g/mol. The van der Waals surface area contributed by atoms with Crippen molar-refractivity contribution in [3.63, 3.8) is 0 Å². The van der Waals surface area contributed by atoms with Gasteiger partial charge < -0.3 is 19.5 Å². The highest BCUT2D eigenvalue weighted by atomic mass is 35.5. The molecule has 0 aliphatic carbocycles. The summed E-state index contributed by atoms with van der Waals surface area (Å²) in [6.07, 6.45) is 7.31. The minimum atomic E-state index is -0.911. The fourth-order valence-electron chi connectivity index (χ4n) is 6.42. The number of hydrogen-bond donors (Lipinski definition) is 2. The Morgan fingerprint density at radius 1 is 1.02 bits per heavy atom. The lowest BCUT2D eigenvalue weighted by molar-refractivity contribution is -0.0365. The molecule has 7 rings (SSSR count). The molecular formula is C32H33Cl2N5O4. The van der Waals surface area contributed by atoms with E-state index in [9.17, 15) is 4.79 Å². The largest absolute Gasteiger partial charge is 0.489 e. The van der Waals surface area contributed by atoms with Crippen LogP contribution in [-0.4, -0.2) is 46.3 Å². The van der Waals surface area contributed by atoms with Gasteiger partial charge in [-0.25, -0.2) is 4.68 Å². The third-order valence-corrected chi connectivity index (χ3v) is 9.20. The Labute approximate surface area is 259 Å². The van der Waals surface area contributed by atoms with Crippen LogP contribution in [0.3, 0.4) is 0 Å². The number of halogens is 2. The van der Waals surface area contributed by atoms with Gasteiger partial charge in [-0.15, -0.1) is 0 Å². The number of ketones is 1. The Morgan fingerprint density at radius 2 is 1.88 bits per heavy atom. The number of hydrogen-bond acceptors (Lipinski definition) is 8. The molecule has 224 valence electrons. The number of aromatic nitrogens is 3. The molecule has 3 aliphatic rings. The van der Waals surface area contributed by atoms with Gasteiger partial charge in [0.25, 0.3) is 0 Å². The maximum absolute atomic E-state index is 13.8. The monoisotopic (exact) mass is 621 g/mol. The topological polar surface area (TPSA) is 114 Å². The molecule has 2 saturated heterocycles. The minimum Gasteiger partial charge on any atom is -0.489 e. The van der Waals surface area contributed by atoms with Crippen molar-refractivity contribution in [1.82, 2.24) is 20.1 Å². The number of fused-ring (bicyclic) bond motifs is 3. The molecule has 2 aromatic heterocycles. The van der Waals surface area contributed by atoms with Crippen LogP contribution in [0.2, 0.25) is 10.0 Å². The zero-order chi connectivity index (χ0) is 29.5. The lowest BCUT2D eigenvalue weighted by atomic mass is 9.83. The number of rotatable bonds is 5. The van der Waals surface area contributed by atoms with Crippen LogP contribution in [0.25, 0.3) is 22.2 Å². The highest BCUT2D eigenvalue weighted by Gasteiger charge is 2.37. The summed E-state index contributed by atoms with van der Waals surface area (Å²) in [6, 6.07) is 11.5. The second kappa shape index (κ2) is 12.1. The van der Waals surface area contributed by atoms with Gasteiger partial charge in [0.05, 0.1) is 27.0 Å². The summed E-state index contributed by atoms with van der Waals surface area (Å²) in [5.41, 5.74) is 9.91. The lowest BCUT2D eigenvalue weighted by Crippen LogP contribution is -2.41. The van der Waals surface area contributed by atoms with Crippen molar-refractivity contribution in [2.75, 3.05) is 19.7 Å². The van der Waals surface area contributed by atoms with Crippen LogP contribution < -0.4 is 20.5 Å². The third kappa shape index (κ3) is 5.49. The third-order valence-electron chi connectivity index (χ3n) is 8.60. The van der Waals surface area contributed by atoms with Gasteiger partial charge >= 0.3 is 0 Å². The van der Waals surface area contributed by atoms with Gasteiger partial charge in [0, 0.05) is 35.5 Å². The highest BCUT2D eigenvalue weighted by Crippen LogP contribution is 2.40. The molecule has 2 aromatic carbocycles. The summed E-state index contributed by atoms with van der Waals surface area (Å²) >= 11 is 12.7. The molecule has 4 atom stereocenters. The maximum atomic E-state index is 13.8. The van der Waals surface area contributed by atoms with Crippen molar-refractivity contribution in [3.05, 3.63) is 70.0 Å². The molecule has 4 aromatic rings. The normalized spacial score (nSPS) is 23.0. The van der Waals surface area contributed by atoms with E-state index in [1.165, 1.54) is 12.4 Å². The zero-order valence-electron chi connectivity index (χ0n) is 23.6. The number of nitrogens with zero attached hydrogens (tertiary/aromatic N) is 3. The van der Waals surface area contributed by atoms with E-state index in [4.69, 9.17) is 48.2 Å². The lowest BCUT2D eigenvalue weighted by Gasteiger charge is -2.34. The molecule has 0 bridgehead atoms. The summed E-state index contributed by atoms with van der Waals surface area (Å²) < 4.78 is 20.6. The summed E-state index contributed by atoms with van der Waals surface area (Å²) in [4.78, 5) is 17.8. The van der Waals surface area contributed by atoms with Crippen LogP contribution >= 0.6 is 23.2 Å². The van der Waals surface area contributed by atoms with Gasteiger partial charge in [0.2, 0.25) is 0 Å². The molecule has 0 radical (unpaired) electrons. The van der Waals surface area contributed by atoms with Crippen LogP contribution in [-0.2, 0) is 4.74 Å². The summed E-state index contributed by atoms with van der Waals surface area (Å²) in [6.45, 7) is 2.46. The van der Waals surface area contributed by atoms with E-state index in [0.717, 1.165) is 73.8 Å². The van der Waals surface area contributed by atoms with E-state index < -0.39 is 6.23 Å². The van der Waals surface area contributed by atoms with E-state index in [1.807, 2.05) is 41.1 Å². The van der Waals surface area contributed by atoms with Crippen molar-refractivity contribution < 1.29 is 19.0 Å². The summed E-state index contributed by atoms with van der Waals surface area (Å²) in [5.74, 6) is 1.17. The molecule has 0 amide bonds. The van der Waals surface area contributed by atoms with E-state index in [1.54, 1.807) is 0 Å². The molecule has 5 heterocycles. The Kier molecular flexibility index (Phi) is 8.00. The second-order valence-electron chi connectivity index (χ2n) is 11.4. The van der Waals surface area contributed by atoms with Gasteiger partial charge in [-0.05, 0) is 88.0 Å². The minimum absolute atomic E-state index is 0.103. The summed E-state index contributed by atoms with van der Waals surface area (Å²) in [7, 11) is 0. The predicted molar refractivity (Wildman–Crippen MR) is 165 cm³/mol. The van der Waals surface area contributed by atoms with Gasteiger partial charge in [-0.2, -0.15) is 5.10 Å². The first-order valence-electron chi connectivity index (χ1n) is 14.9. The number of carbonyl (C=O) groups is 1. The van der Waals surface area contributed by atoms with Crippen molar-refractivity contribution in [2.24, 2.45) is 11.7 Å². The first kappa shape index (κ1) is 28.6. The fraction of sp³-hybridized carbons (Fsp3) is 0.406. The Hall–Kier alpha value is -3.21. The number of pyridine rings is 1. The molecular weight excluding hydrogens is 589 g/mol. The Balaban J connectivity index is 1.28. The number of Topliss-reactive ketones (excluding diaryl/α,β-unsaturated/α-hetero) is 1. The predicted octanol–water partition coefficient (Wildman–Crippen LogP) is 6.47. The number of nitrogens with one attached hydrogen (secondary N) is 1. The molecule has 0 spiro atoms. The van der Waals surface area contributed by atoms with Gasteiger partial charge in [0.15, 0.2) is 18.2 Å². The van der Waals surface area contributed by atoms with Crippen molar-refractivity contribution in [1.29, 1.82) is 0 Å². The standard InChI is InChI=1S/C32H33Cl2N5O4/c33-23-16-37-17-24(34)29(23)32(35)42-19-7-8-25-21(15-19)30(38-39(25)28-5-1-2-13-41-28)18-6-9-26-22(14-18)31(40)20-4-3-11-36-12-10-27(20)43-26/h6-9,14-17,20,27-28,32,36H,1-5,10-13,35H2/t20?,27?,28?,32-/m0/s1. The molecule has 3 N–H and O–H groups in total. The SMILES string of the molecule is N[C@@H](Oc1ccc2c(c1)c(-c1ccc3c(c1)C(=O)C1CCCNCCC1O3)nn2C1CCCCO1)c1c(Cl)cncc1Cl. The number of nitrogens with two attached hydrogens (primary N) is 1. The van der Waals surface area contributed by atoms with Crippen LogP contribution in [0, 0.1) is 5.92 Å². The maximum Gasteiger partial charge on any atom is 0.177 e. The molecule has 11 heteroatoms. The number of benzene rings is 2. The van der Waals surface area contributed by atoms with E-state index >= 15 is 0 Å². The summed E-state index contributed by atoms with van der Waals surface area (Å²) in [5, 5.41) is 9.99. The van der Waals surface area contributed by atoms with Crippen LogP contribution in [0.15, 0.2) is 48.8 Å². The molecule has 43 heavy (non-hydrogen) atoms. The quantitative estimate of drug-likeness (QED) is 0.244. The van der Waals surface area contributed by atoms with E-state index in [0.29, 0.717) is 39.3 Å². The average Bonchev–Trinajstić information content (AvgIpc) is 3.37. The first-order valence-corrected chi connectivity index (χ1v) is 15.6. The smallest absolute Gasteiger partial charge is 0.177 e. The van der Waals surface area contributed by atoms with Gasteiger partial charge in [0.1, 0.15) is 23.3 Å². The second-order valence-corrected chi connectivity index (χ2v) is 12.2. The van der Waals surface area contributed by atoms with E-state index in [2.05, 4.69) is 10.3 Å². The molecule has 0 saturated carbocycles. The van der Waals surface area contributed by atoms with Crippen molar-refractivity contribution in [2.45, 2.75) is 57.1 Å². The zero-order valence-corrected chi connectivity index (χ0v) is 25.1. The van der Waals surface area contributed by atoms with Gasteiger partial charge in [-0.3, -0.25) is 15.5 Å². The number of carbonyl (C=O) groups excluding carboxylic acids is 1. The van der Waals surface area contributed by atoms with Crippen molar-refractivity contribution in [3.8, 4) is 22.8 Å². The first-order chi connectivity index (χ1) is 21.0. The molecule has 9 nitrogen and oxygen atoms in total. The highest BCUT2D eigenvalue weighted by molar-refractivity contribution is 6.35. The van der Waals surface area contributed by atoms with Crippen molar-refractivity contribution >= 4 is 39.9 Å². The Morgan fingerprint density at radius 3 is 2.70 bits per heavy atom. The van der Waals surface area contributed by atoms with Crippen LogP contribution in [0.5, 0.6) is 11.5 Å². The van der Waals surface area contributed by atoms with Crippen LogP contribution in [0.1, 0.15) is 66.9 Å². The molecule has 2 fully saturated rings. The fourth-order valence-corrected chi connectivity index (χ4v) is 7.00. The molecule has 3 unspecified atom stereocenters. The Bertz CT molecular complexity index is 1650.